The molecule has 1 aliphatic carbocycles. The van der Waals surface area contributed by atoms with Crippen LogP contribution in [0.15, 0.2) is 111 Å². The minimum absolute atomic E-state index is 0.0113. The Morgan fingerprint density at radius 3 is 2.19 bits per heavy atom. The number of sulfonamides is 1. The average molecular weight is 798 g/mol. The van der Waals surface area contributed by atoms with Gasteiger partial charge in [0.1, 0.15) is 18.3 Å². The second-order valence-corrected chi connectivity index (χ2v) is 15.6. The van der Waals surface area contributed by atoms with E-state index in [1.165, 1.54) is 24.1 Å². The van der Waals surface area contributed by atoms with Gasteiger partial charge in [-0.2, -0.15) is 0 Å². The lowest BCUT2D eigenvalue weighted by molar-refractivity contribution is -0.140. The molecule has 1 atom stereocenters. The highest BCUT2D eigenvalue weighted by atomic mass is 79.9. The van der Waals surface area contributed by atoms with Crippen LogP contribution in [0.25, 0.3) is 0 Å². The summed E-state index contributed by atoms with van der Waals surface area (Å²) in [6, 6.07) is 27.7. The molecular formula is C37H39Br2N3O5S. The zero-order valence-electron chi connectivity index (χ0n) is 26.9. The van der Waals surface area contributed by atoms with Gasteiger partial charge in [0.05, 0.1) is 22.2 Å². The second kappa shape index (κ2) is 16.2. The number of anilines is 1. The number of amides is 2. The van der Waals surface area contributed by atoms with Gasteiger partial charge in [-0.05, 0) is 89.3 Å². The van der Waals surface area contributed by atoms with Crippen LogP contribution in [0.4, 0.5) is 5.69 Å². The van der Waals surface area contributed by atoms with Gasteiger partial charge in [0.2, 0.25) is 11.8 Å². The Morgan fingerprint density at radius 2 is 1.56 bits per heavy atom. The summed E-state index contributed by atoms with van der Waals surface area (Å²) in [5, 5.41) is 3.20. The number of aryl methyl sites for hydroxylation is 1. The third kappa shape index (κ3) is 8.86. The van der Waals surface area contributed by atoms with Crippen LogP contribution in [0.1, 0.15) is 42.4 Å². The maximum absolute atomic E-state index is 14.7. The fraction of sp³-hybridized carbons (Fsp3) is 0.297. The van der Waals surface area contributed by atoms with E-state index in [1.54, 1.807) is 30.3 Å². The van der Waals surface area contributed by atoms with Gasteiger partial charge in [0, 0.05) is 23.5 Å². The molecule has 0 spiro atoms. The lowest BCUT2D eigenvalue weighted by atomic mass is 10.0. The van der Waals surface area contributed by atoms with E-state index in [0.29, 0.717) is 15.9 Å². The Kier molecular flexibility index (Phi) is 12.0. The summed E-state index contributed by atoms with van der Waals surface area (Å²) >= 11 is 6.88. The number of methoxy groups -OCH3 is 1. The minimum atomic E-state index is -4.25. The number of hydrogen-bond donors (Lipinski definition) is 1. The number of halogens is 2. The summed E-state index contributed by atoms with van der Waals surface area (Å²) in [5.41, 5.74) is 2.98. The van der Waals surface area contributed by atoms with Gasteiger partial charge >= 0.3 is 0 Å². The van der Waals surface area contributed by atoms with Crippen molar-refractivity contribution in [2.75, 3.05) is 18.0 Å². The Hall–Kier alpha value is -3.67. The number of nitrogens with one attached hydrogen (secondary N) is 1. The maximum atomic E-state index is 14.7. The van der Waals surface area contributed by atoms with Crippen LogP contribution in [0.5, 0.6) is 5.75 Å². The number of benzene rings is 4. The van der Waals surface area contributed by atoms with Gasteiger partial charge in [-0.15, -0.1) is 0 Å². The maximum Gasteiger partial charge on any atom is 0.264 e. The van der Waals surface area contributed by atoms with Crippen molar-refractivity contribution < 1.29 is 22.7 Å². The van der Waals surface area contributed by atoms with Crippen molar-refractivity contribution in [3.63, 3.8) is 0 Å². The molecule has 0 saturated heterocycles. The highest BCUT2D eigenvalue weighted by Crippen LogP contribution is 2.31. The van der Waals surface area contributed by atoms with Crippen LogP contribution >= 0.6 is 31.9 Å². The van der Waals surface area contributed by atoms with Crippen LogP contribution in [-0.4, -0.2) is 50.9 Å². The standard InChI is InChI=1S/C37H39Br2N3O5S/c1-26-12-18-31(19-13-26)42(48(45,46)32-20-21-35(47-2)33(39)23-32)25-36(43)41(24-28-14-16-29(38)17-15-28)34(22-27-8-4-3-5-9-27)37(44)40-30-10-6-7-11-30/h3-5,8-9,12-21,23,30,34H,6-7,10-11,22,24-25H2,1-2H3,(H,40,44)/t34-/m0/s1. The molecule has 1 aliphatic rings. The molecule has 2 amide bonds. The lowest BCUT2D eigenvalue weighted by Gasteiger charge is -2.34. The summed E-state index contributed by atoms with van der Waals surface area (Å²) in [7, 11) is -2.75. The van der Waals surface area contributed by atoms with Gasteiger partial charge in [0.15, 0.2) is 0 Å². The van der Waals surface area contributed by atoms with E-state index in [-0.39, 0.29) is 29.8 Å². The van der Waals surface area contributed by atoms with Crippen LogP contribution in [0, 0.1) is 6.92 Å². The fourth-order valence-corrected chi connectivity index (χ4v) is 8.28. The summed E-state index contributed by atoms with van der Waals surface area (Å²) in [5.74, 6) is -0.276. The first-order valence-electron chi connectivity index (χ1n) is 15.9. The van der Waals surface area contributed by atoms with Crippen molar-refractivity contribution in [3.8, 4) is 5.75 Å². The molecule has 11 heteroatoms. The van der Waals surface area contributed by atoms with E-state index in [4.69, 9.17) is 4.74 Å². The molecule has 252 valence electrons. The van der Waals surface area contributed by atoms with E-state index >= 15 is 0 Å². The van der Waals surface area contributed by atoms with Gasteiger partial charge in [-0.1, -0.05) is 88.9 Å². The second-order valence-electron chi connectivity index (χ2n) is 12.0. The Labute approximate surface area is 299 Å². The monoisotopic (exact) mass is 795 g/mol. The highest BCUT2D eigenvalue weighted by molar-refractivity contribution is 9.10. The van der Waals surface area contributed by atoms with Crippen LogP contribution in [-0.2, 0) is 32.6 Å². The number of carbonyl (C=O) groups excluding carboxylic acids is 2. The molecule has 48 heavy (non-hydrogen) atoms. The summed E-state index contributed by atoms with van der Waals surface area (Å²) < 4.78 is 36.5. The van der Waals surface area contributed by atoms with E-state index in [9.17, 15) is 18.0 Å². The van der Waals surface area contributed by atoms with Crippen molar-refractivity contribution in [1.29, 1.82) is 0 Å². The molecular weight excluding hydrogens is 758 g/mol. The zero-order valence-corrected chi connectivity index (χ0v) is 30.9. The van der Waals surface area contributed by atoms with Gasteiger partial charge in [0.25, 0.3) is 10.0 Å². The Balaban J connectivity index is 1.57. The van der Waals surface area contributed by atoms with Crippen LogP contribution < -0.4 is 14.4 Å². The van der Waals surface area contributed by atoms with Crippen molar-refractivity contribution in [2.24, 2.45) is 0 Å². The zero-order chi connectivity index (χ0) is 34.3. The fourth-order valence-electron chi connectivity index (χ4n) is 5.88. The molecule has 1 fully saturated rings. The number of carbonyl (C=O) groups is 2. The van der Waals surface area contributed by atoms with Crippen molar-refractivity contribution in [1.82, 2.24) is 10.2 Å². The van der Waals surface area contributed by atoms with Crippen LogP contribution in [0.3, 0.4) is 0 Å². The predicted octanol–water partition coefficient (Wildman–Crippen LogP) is 7.42. The van der Waals surface area contributed by atoms with E-state index in [0.717, 1.165) is 51.2 Å². The molecule has 4 aromatic carbocycles. The molecule has 0 aromatic heterocycles. The first-order chi connectivity index (χ1) is 23.0. The Bertz CT molecular complexity index is 1810. The molecule has 8 nitrogen and oxygen atoms in total. The van der Waals surface area contributed by atoms with E-state index in [2.05, 4.69) is 37.2 Å². The molecule has 1 saturated carbocycles. The molecule has 0 radical (unpaired) electrons. The summed E-state index contributed by atoms with van der Waals surface area (Å²) in [4.78, 5) is 30.3. The number of nitrogens with zero attached hydrogens (tertiary/aromatic N) is 2. The third-order valence-corrected chi connectivity index (χ3v) is 11.5. The highest BCUT2D eigenvalue weighted by Gasteiger charge is 2.35. The SMILES string of the molecule is COc1ccc(S(=O)(=O)N(CC(=O)N(Cc2ccc(Br)cc2)[C@@H](Cc2ccccc2)C(=O)NC2CCCC2)c2ccc(C)cc2)cc1Br. The average Bonchev–Trinajstić information content (AvgIpc) is 3.60. The quantitative estimate of drug-likeness (QED) is 0.152. The molecule has 5 rings (SSSR count). The van der Waals surface area contributed by atoms with Crippen LogP contribution in [0.2, 0.25) is 0 Å². The van der Waals surface area contributed by atoms with Gasteiger partial charge in [-0.3, -0.25) is 13.9 Å². The van der Waals surface area contributed by atoms with E-state index in [1.807, 2.05) is 61.5 Å². The molecule has 0 unspecified atom stereocenters. The minimum Gasteiger partial charge on any atom is -0.496 e. The van der Waals surface area contributed by atoms with Gasteiger partial charge < -0.3 is 15.0 Å². The smallest absolute Gasteiger partial charge is 0.264 e. The largest absolute Gasteiger partial charge is 0.496 e. The molecule has 4 aromatic rings. The molecule has 0 bridgehead atoms. The number of rotatable bonds is 13. The number of ether oxygens (including phenoxy) is 1. The summed E-state index contributed by atoms with van der Waals surface area (Å²) in [6.45, 7) is 1.50. The van der Waals surface area contributed by atoms with Gasteiger partial charge in [-0.25, -0.2) is 8.42 Å². The third-order valence-electron chi connectivity index (χ3n) is 8.55. The molecule has 0 aliphatic heterocycles. The van der Waals surface area contributed by atoms with Crippen molar-refractivity contribution in [2.45, 2.75) is 62.6 Å². The first-order valence-corrected chi connectivity index (χ1v) is 18.9. The van der Waals surface area contributed by atoms with Crippen molar-refractivity contribution in [3.05, 3.63) is 123 Å². The van der Waals surface area contributed by atoms with Crippen molar-refractivity contribution >= 4 is 59.4 Å². The molecule has 0 heterocycles. The summed E-state index contributed by atoms with van der Waals surface area (Å²) in [6.07, 6.45) is 4.13. The topological polar surface area (TPSA) is 96.0 Å². The molecule has 1 N–H and O–H groups in total. The van der Waals surface area contributed by atoms with E-state index < -0.39 is 28.5 Å². The normalized spacial score (nSPS) is 13.9. The number of hydrogen-bond acceptors (Lipinski definition) is 5. The first kappa shape index (κ1) is 35.6. The Morgan fingerprint density at radius 1 is 0.896 bits per heavy atom. The predicted molar refractivity (Wildman–Crippen MR) is 195 cm³/mol. The lowest BCUT2D eigenvalue weighted by Crippen LogP contribution is -2.54.